The number of rotatable bonds is 1. The molecule has 4 heteroatoms. The molecule has 94 valence electrons. The number of hydrogen-bond donors (Lipinski definition) is 3. The fourth-order valence-corrected chi connectivity index (χ4v) is 1.67. The zero-order chi connectivity index (χ0) is 12.7. The first kappa shape index (κ1) is 13.7. The fourth-order valence-electron chi connectivity index (χ4n) is 1.67. The van der Waals surface area contributed by atoms with Crippen LogP contribution in [0.25, 0.3) is 0 Å². The Hall–Kier alpha value is -1.39. The van der Waals surface area contributed by atoms with E-state index in [1.54, 1.807) is 30.3 Å². The lowest BCUT2D eigenvalue weighted by atomic mass is 9.95. The van der Waals surface area contributed by atoms with Crippen LogP contribution < -0.4 is 0 Å². The number of carbonyl (C=O) groups is 1. The summed E-state index contributed by atoms with van der Waals surface area (Å²) in [5.74, 6) is -0.879. The van der Waals surface area contributed by atoms with Gasteiger partial charge < -0.3 is 15.3 Å². The van der Waals surface area contributed by atoms with E-state index in [2.05, 4.69) is 0 Å². The van der Waals surface area contributed by atoms with Crippen LogP contribution in [0, 0.1) is 0 Å². The molecular weight excluding hydrogens is 220 g/mol. The van der Waals surface area contributed by atoms with Gasteiger partial charge >= 0.3 is 5.97 Å². The summed E-state index contributed by atoms with van der Waals surface area (Å²) in [5, 5.41) is 26.2. The zero-order valence-corrected chi connectivity index (χ0v) is 9.62. The molecule has 17 heavy (non-hydrogen) atoms. The molecule has 3 N–H and O–H groups in total. The van der Waals surface area contributed by atoms with Gasteiger partial charge in [-0.2, -0.15) is 0 Å². The van der Waals surface area contributed by atoms with Crippen molar-refractivity contribution in [1.29, 1.82) is 0 Å². The standard InChI is InChI=1S/C7H6O2.C6H12O2/c8-7(9)6-4-2-1-3-5-6;7-5-3-1-2-4-6(5)8/h1-5H,(H,8,9);5-8H,1-4H2/t;5-,6-/m.1/s1. The molecule has 2 rings (SSSR count). The molecule has 0 spiro atoms. The van der Waals surface area contributed by atoms with E-state index in [0.717, 1.165) is 25.7 Å². The van der Waals surface area contributed by atoms with Gasteiger partial charge in [0.05, 0.1) is 17.8 Å². The van der Waals surface area contributed by atoms with Crippen molar-refractivity contribution < 1.29 is 20.1 Å². The van der Waals surface area contributed by atoms with Crippen molar-refractivity contribution in [3.63, 3.8) is 0 Å². The van der Waals surface area contributed by atoms with Gasteiger partial charge in [0.2, 0.25) is 0 Å². The lowest BCUT2D eigenvalue weighted by molar-refractivity contribution is -0.00865. The van der Waals surface area contributed by atoms with Crippen LogP contribution in [-0.4, -0.2) is 33.5 Å². The van der Waals surface area contributed by atoms with Crippen LogP contribution in [0.15, 0.2) is 30.3 Å². The van der Waals surface area contributed by atoms with Crippen LogP contribution >= 0.6 is 0 Å². The monoisotopic (exact) mass is 238 g/mol. The Morgan fingerprint density at radius 3 is 1.76 bits per heavy atom. The summed E-state index contributed by atoms with van der Waals surface area (Å²) in [6.07, 6.45) is 2.81. The Balaban J connectivity index is 0.000000171. The first-order chi connectivity index (χ1) is 8.11. The topological polar surface area (TPSA) is 77.8 Å². The fraction of sp³-hybridized carbons (Fsp3) is 0.462. The molecule has 1 aromatic rings. The predicted molar refractivity (Wildman–Crippen MR) is 63.9 cm³/mol. The molecule has 0 heterocycles. The molecule has 0 unspecified atom stereocenters. The summed E-state index contributed by atoms with van der Waals surface area (Å²) in [6.45, 7) is 0. The Labute approximate surface area is 101 Å². The first-order valence-corrected chi connectivity index (χ1v) is 5.75. The Morgan fingerprint density at radius 1 is 1.00 bits per heavy atom. The summed E-state index contributed by atoms with van der Waals surface area (Å²) in [4.78, 5) is 10.2. The van der Waals surface area contributed by atoms with Crippen LogP contribution in [0.1, 0.15) is 36.0 Å². The molecule has 0 radical (unpaired) electrons. The molecule has 1 fully saturated rings. The van der Waals surface area contributed by atoms with Gasteiger partial charge in [-0.25, -0.2) is 4.79 Å². The number of aromatic carboxylic acids is 1. The van der Waals surface area contributed by atoms with Crippen molar-refractivity contribution in [3.05, 3.63) is 35.9 Å². The zero-order valence-electron chi connectivity index (χ0n) is 9.62. The van der Waals surface area contributed by atoms with E-state index in [4.69, 9.17) is 15.3 Å². The molecule has 1 aliphatic carbocycles. The van der Waals surface area contributed by atoms with Gasteiger partial charge in [0.1, 0.15) is 0 Å². The lowest BCUT2D eigenvalue weighted by Crippen LogP contribution is -2.28. The van der Waals surface area contributed by atoms with Crippen molar-refractivity contribution >= 4 is 5.97 Å². The second-order valence-electron chi connectivity index (χ2n) is 4.09. The minimum Gasteiger partial charge on any atom is -0.478 e. The predicted octanol–water partition coefficient (Wildman–Crippen LogP) is 1.67. The summed E-state index contributed by atoms with van der Waals surface area (Å²) < 4.78 is 0. The molecule has 0 saturated heterocycles. The van der Waals surface area contributed by atoms with E-state index in [1.807, 2.05) is 0 Å². The van der Waals surface area contributed by atoms with Crippen molar-refractivity contribution in [2.45, 2.75) is 37.9 Å². The molecule has 0 aliphatic heterocycles. The maximum absolute atomic E-state index is 10.2. The average Bonchev–Trinajstić information content (AvgIpc) is 2.35. The van der Waals surface area contributed by atoms with Gasteiger partial charge in [0.15, 0.2) is 0 Å². The highest BCUT2D eigenvalue weighted by molar-refractivity contribution is 5.87. The van der Waals surface area contributed by atoms with Gasteiger partial charge in [-0.15, -0.1) is 0 Å². The molecule has 0 aromatic heterocycles. The quantitative estimate of drug-likeness (QED) is 0.695. The van der Waals surface area contributed by atoms with Gasteiger partial charge in [-0.1, -0.05) is 31.0 Å². The molecular formula is C13H18O4. The highest BCUT2D eigenvalue weighted by Crippen LogP contribution is 2.17. The number of hydrogen-bond acceptors (Lipinski definition) is 3. The van der Waals surface area contributed by atoms with Crippen LogP contribution in [0.3, 0.4) is 0 Å². The van der Waals surface area contributed by atoms with Gasteiger partial charge in [0, 0.05) is 0 Å². The largest absolute Gasteiger partial charge is 0.478 e. The van der Waals surface area contributed by atoms with Crippen LogP contribution in [0.5, 0.6) is 0 Å². The third-order valence-electron chi connectivity index (χ3n) is 2.71. The third-order valence-corrected chi connectivity index (χ3v) is 2.71. The molecule has 0 amide bonds. The highest BCUT2D eigenvalue weighted by Gasteiger charge is 2.19. The van der Waals surface area contributed by atoms with Crippen molar-refractivity contribution in [2.75, 3.05) is 0 Å². The molecule has 1 aromatic carbocycles. The summed E-state index contributed by atoms with van der Waals surface area (Å²) in [7, 11) is 0. The summed E-state index contributed by atoms with van der Waals surface area (Å²) >= 11 is 0. The molecule has 1 aliphatic rings. The van der Waals surface area contributed by atoms with Crippen LogP contribution in [-0.2, 0) is 0 Å². The number of aliphatic hydroxyl groups is 2. The highest BCUT2D eigenvalue weighted by atomic mass is 16.4. The molecule has 2 atom stereocenters. The van der Waals surface area contributed by atoms with Gasteiger partial charge in [0.25, 0.3) is 0 Å². The molecule has 0 bridgehead atoms. The maximum Gasteiger partial charge on any atom is 0.335 e. The summed E-state index contributed by atoms with van der Waals surface area (Å²) in [6, 6.07) is 8.30. The number of aliphatic hydroxyl groups excluding tert-OH is 2. The Bertz CT molecular complexity index is 327. The number of benzene rings is 1. The molecule has 4 nitrogen and oxygen atoms in total. The van der Waals surface area contributed by atoms with E-state index in [0.29, 0.717) is 5.56 Å². The first-order valence-electron chi connectivity index (χ1n) is 5.75. The second-order valence-corrected chi connectivity index (χ2v) is 4.09. The van der Waals surface area contributed by atoms with E-state index in [-0.39, 0.29) is 0 Å². The number of carboxylic acid groups (broad SMARTS) is 1. The van der Waals surface area contributed by atoms with Crippen molar-refractivity contribution in [1.82, 2.24) is 0 Å². The minimum atomic E-state index is -0.879. The van der Waals surface area contributed by atoms with E-state index in [1.165, 1.54) is 0 Å². The van der Waals surface area contributed by atoms with Gasteiger partial charge in [-0.05, 0) is 25.0 Å². The second kappa shape index (κ2) is 7.04. The Morgan fingerprint density at radius 2 is 1.47 bits per heavy atom. The number of carboxylic acids is 1. The summed E-state index contributed by atoms with van der Waals surface area (Å²) in [5.41, 5.74) is 0.331. The maximum atomic E-state index is 10.2. The smallest absolute Gasteiger partial charge is 0.335 e. The van der Waals surface area contributed by atoms with E-state index in [9.17, 15) is 4.79 Å². The van der Waals surface area contributed by atoms with E-state index < -0.39 is 18.2 Å². The van der Waals surface area contributed by atoms with Gasteiger partial charge in [-0.3, -0.25) is 0 Å². The van der Waals surface area contributed by atoms with Crippen LogP contribution in [0.4, 0.5) is 0 Å². The average molecular weight is 238 g/mol. The van der Waals surface area contributed by atoms with Crippen molar-refractivity contribution in [2.24, 2.45) is 0 Å². The molecule has 1 saturated carbocycles. The lowest BCUT2D eigenvalue weighted by Gasteiger charge is -2.22. The Kier molecular flexibility index (Phi) is 5.66. The normalized spacial score (nSPS) is 23.4. The SMILES string of the molecule is O=C(O)c1ccccc1.O[C@@H]1CCCC[C@H]1O. The van der Waals surface area contributed by atoms with Crippen molar-refractivity contribution in [3.8, 4) is 0 Å². The van der Waals surface area contributed by atoms with Crippen LogP contribution in [0.2, 0.25) is 0 Å². The third kappa shape index (κ3) is 4.97. The minimum absolute atomic E-state index is 0.331. The van der Waals surface area contributed by atoms with E-state index >= 15 is 0 Å².